The number of piperidine rings is 1. The molecule has 9 nitrogen and oxygen atoms in total. The Labute approximate surface area is 255 Å². The van der Waals surface area contributed by atoms with Gasteiger partial charge in [0.2, 0.25) is 0 Å². The summed E-state index contributed by atoms with van der Waals surface area (Å²) >= 11 is 1.06. The summed E-state index contributed by atoms with van der Waals surface area (Å²) in [6, 6.07) is 9.16. The van der Waals surface area contributed by atoms with Crippen molar-refractivity contribution in [3.8, 4) is 28.0 Å². The van der Waals surface area contributed by atoms with Crippen molar-refractivity contribution >= 4 is 28.9 Å². The van der Waals surface area contributed by atoms with Crippen LogP contribution in [0.5, 0.6) is 5.75 Å². The number of aromatic nitrogens is 3. The van der Waals surface area contributed by atoms with Gasteiger partial charge >= 0.3 is 12.4 Å². The number of thiophene rings is 1. The number of carboxylic acids is 1. The summed E-state index contributed by atoms with van der Waals surface area (Å²) in [5, 5.41) is 16.7. The van der Waals surface area contributed by atoms with Crippen molar-refractivity contribution in [2.24, 2.45) is 0 Å². The number of rotatable bonds is 8. The maximum absolute atomic E-state index is 13.5. The van der Waals surface area contributed by atoms with Crippen molar-refractivity contribution in [3.05, 3.63) is 59.2 Å². The minimum absolute atomic E-state index is 0.173. The van der Waals surface area contributed by atoms with Gasteiger partial charge in [0.15, 0.2) is 5.65 Å². The van der Waals surface area contributed by atoms with E-state index in [0.717, 1.165) is 47.7 Å². The smallest absolute Gasteiger partial charge is 0.430 e. The number of nitrogens with one attached hydrogen (secondary N) is 2. The number of hydrogen-bond acceptors (Lipinski definition) is 7. The van der Waals surface area contributed by atoms with E-state index in [0.29, 0.717) is 36.3 Å². The molecule has 1 saturated heterocycles. The van der Waals surface area contributed by atoms with Gasteiger partial charge in [-0.15, -0.1) is 11.3 Å². The van der Waals surface area contributed by atoms with Crippen LogP contribution in [-0.2, 0) is 4.79 Å². The molecule has 1 aliphatic rings. The van der Waals surface area contributed by atoms with Crippen molar-refractivity contribution in [3.63, 3.8) is 0 Å². The summed E-state index contributed by atoms with van der Waals surface area (Å²) in [6.07, 6.45) is -3.65. The van der Waals surface area contributed by atoms with Gasteiger partial charge in [-0.2, -0.15) is 31.4 Å². The van der Waals surface area contributed by atoms with Crippen LogP contribution < -0.4 is 20.1 Å². The molecule has 0 radical (unpaired) electrons. The van der Waals surface area contributed by atoms with Gasteiger partial charge in [-0.3, -0.25) is 4.79 Å². The number of carbonyl (C=O) groups is 2. The molecule has 242 valence electrons. The van der Waals surface area contributed by atoms with E-state index in [1.807, 2.05) is 35.8 Å². The number of quaternary nitrogens is 1. The number of amides is 1. The van der Waals surface area contributed by atoms with Crippen LogP contribution in [0.25, 0.3) is 27.9 Å². The van der Waals surface area contributed by atoms with Crippen LogP contribution in [0.3, 0.4) is 0 Å². The van der Waals surface area contributed by atoms with Crippen LogP contribution in [0.2, 0.25) is 0 Å². The third kappa shape index (κ3) is 9.62. The fraction of sp³-hybridized carbons (Fsp3) is 0.357. The molecule has 2 unspecified atom stereocenters. The molecular formula is C28H26F7N5O4S. The lowest BCUT2D eigenvalue weighted by Crippen LogP contribution is -3.14. The van der Waals surface area contributed by atoms with Crippen LogP contribution >= 0.6 is 11.3 Å². The van der Waals surface area contributed by atoms with Gasteiger partial charge in [0.25, 0.3) is 5.91 Å². The molecule has 0 saturated carbocycles. The number of hydrogen-bond donors (Lipinski definition) is 2. The highest BCUT2D eigenvalue weighted by Gasteiger charge is 2.29. The van der Waals surface area contributed by atoms with Crippen molar-refractivity contribution in [2.45, 2.75) is 31.4 Å². The van der Waals surface area contributed by atoms with Crippen LogP contribution in [0.1, 0.15) is 22.5 Å². The number of likely N-dealkylation sites (tertiary alicyclic amines) is 1. The molecule has 0 bridgehead atoms. The fourth-order valence-electron chi connectivity index (χ4n) is 4.47. The average Bonchev–Trinajstić information content (AvgIpc) is 3.63. The van der Waals surface area contributed by atoms with Gasteiger partial charge in [0, 0.05) is 23.5 Å². The van der Waals surface area contributed by atoms with Crippen LogP contribution in [-0.4, -0.2) is 77.8 Å². The second kappa shape index (κ2) is 14.2. The zero-order valence-corrected chi connectivity index (χ0v) is 24.1. The predicted molar refractivity (Wildman–Crippen MR) is 146 cm³/mol. The molecule has 2 N–H and O–H groups in total. The first-order chi connectivity index (χ1) is 21.2. The number of aliphatic carboxylic acids is 1. The molecule has 2 atom stereocenters. The molecule has 0 aliphatic carbocycles. The Morgan fingerprint density at radius 3 is 2.44 bits per heavy atom. The maximum Gasteiger partial charge on any atom is 0.430 e. The number of carbonyl (C=O) groups excluding carboxylic acids is 2. The number of ether oxygens (including phenoxy) is 1. The number of alkyl halides is 7. The highest BCUT2D eigenvalue weighted by molar-refractivity contribution is 7.12. The molecule has 1 amide bonds. The Bertz CT molecular complexity index is 1610. The summed E-state index contributed by atoms with van der Waals surface area (Å²) in [6.45, 7) is 1.46. The van der Waals surface area contributed by atoms with Crippen molar-refractivity contribution in [2.75, 3.05) is 32.8 Å². The number of fused-ring (bicyclic) bond motifs is 1. The number of carboxylic acid groups (broad SMARTS) is 1. The van der Waals surface area contributed by atoms with E-state index in [1.54, 1.807) is 22.3 Å². The van der Waals surface area contributed by atoms with E-state index in [2.05, 4.69) is 10.1 Å². The topological polar surface area (TPSA) is 113 Å². The molecule has 1 aromatic carbocycles. The van der Waals surface area contributed by atoms with E-state index < -0.39 is 36.9 Å². The molecular weight excluding hydrogens is 635 g/mol. The lowest BCUT2D eigenvalue weighted by molar-refractivity contribution is -0.907. The van der Waals surface area contributed by atoms with E-state index in [4.69, 9.17) is 14.6 Å². The van der Waals surface area contributed by atoms with Crippen molar-refractivity contribution < 1.29 is 55.1 Å². The summed E-state index contributed by atoms with van der Waals surface area (Å²) < 4.78 is 89.7. The number of benzene rings is 1. The third-order valence-electron chi connectivity index (χ3n) is 6.64. The van der Waals surface area contributed by atoms with Gasteiger partial charge in [0.05, 0.1) is 17.6 Å². The third-order valence-corrected chi connectivity index (χ3v) is 7.57. The summed E-state index contributed by atoms with van der Waals surface area (Å²) in [7, 11) is 0. The Morgan fingerprint density at radius 2 is 1.80 bits per heavy atom. The molecule has 4 aromatic rings. The molecule has 1 fully saturated rings. The van der Waals surface area contributed by atoms with Gasteiger partial charge in [-0.25, -0.2) is 13.9 Å². The molecule has 4 heterocycles. The van der Waals surface area contributed by atoms with Crippen LogP contribution in [0, 0.1) is 0 Å². The largest absolute Gasteiger partial charge is 0.542 e. The highest BCUT2D eigenvalue weighted by atomic mass is 32.1. The minimum atomic E-state index is -5.19. The molecule has 3 aromatic heterocycles. The van der Waals surface area contributed by atoms with Crippen LogP contribution in [0.4, 0.5) is 30.7 Å². The molecule has 0 spiro atoms. The zero-order valence-electron chi connectivity index (χ0n) is 23.3. The summed E-state index contributed by atoms with van der Waals surface area (Å²) in [5.74, 6) is -3.05. The first kappa shape index (κ1) is 33.6. The predicted octanol–water partition coefficient (Wildman–Crippen LogP) is 3.11. The van der Waals surface area contributed by atoms with E-state index >= 15 is 0 Å². The van der Waals surface area contributed by atoms with Crippen molar-refractivity contribution in [1.29, 1.82) is 0 Å². The summed E-state index contributed by atoms with van der Waals surface area (Å²) in [4.78, 5) is 26.8. The summed E-state index contributed by atoms with van der Waals surface area (Å²) in [5.41, 5.74) is 3.64. The molecule has 17 heteroatoms. The highest BCUT2D eigenvalue weighted by Crippen LogP contribution is 2.30. The Morgan fingerprint density at radius 1 is 1.09 bits per heavy atom. The SMILES string of the molecule is O=C(NCC(F)(F)F)c1cc(-c2cnn3cc(-c4ccc(OCC[NH+]5CCCC(F)C5)cc4)cnc23)cs1.O=C([O-])C(F)(F)F. The minimum Gasteiger partial charge on any atom is -0.542 e. The van der Waals surface area contributed by atoms with Gasteiger partial charge in [-0.1, -0.05) is 12.1 Å². The molecule has 5 rings (SSSR count). The van der Waals surface area contributed by atoms with E-state index in [9.17, 15) is 35.5 Å². The van der Waals surface area contributed by atoms with Gasteiger partial charge in [-0.05, 0) is 47.5 Å². The lowest BCUT2D eigenvalue weighted by atomic mass is 10.1. The lowest BCUT2D eigenvalue weighted by Gasteiger charge is -2.25. The van der Waals surface area contributed by atoms with E-state index in [-0.39, 0.29) is 4.88 Å². The average molecular weight is 662 g/mol. The number of nitrogens with zero attached hydrogens (tertiary/aromatic N) is 3. The monoisotopic (exact) mass is 661 g/mol. The van der Waals surface area contributed by atoms with Crippen molar-refractivity contribution in [1.82, 2.24) is 19.9 Å². The van der Waals surface area contributed by atoms with Crippen LogP contribution in [0.15, 0.2) is 54.3 Å². The van der Waals surface area contributed by atoms with Gasteiger partial charge in [0.1, 0.15) is 44.1 Å². The Balaban J connectivity index is 0.000000591. The maximum atomic E-state index is 13.5. The molecule has 45 heavy (non-hydrogen) atoms. The second-order valence-electron chi connectivity index (χ2n) is 10.0. The molecule has 1 aliphatic heterocycles. The zero-order chi connectivity index (χ0) is 32.8. The Hall–Kier alpha value is -4.25. The first-order valence-electron chi connectivity index (χ1n) is 13.5. The quantitative estimate of drug-likeness (QED) is 0.281. The first-order valence-corrected chi connectivity index (χ1v) is 14.3. The normalized spacial score (nSPS) is 17.0. The standard InChI is InChI=1S/C26H25F4N5O2S.C2HF3O2/c27-20-2-1-7-34(14-20)8-9-37-21-5-3-17(4-6-21)19-11-31-24-22(12-33-35(24)13-19)18-10-23(38-15-18)25(36)32-16-26(28,29)30;3-2(4,5)1(6)7/h3-6,10-13,15,20H,1-2,7-9,14,16H2,(H,32,36);(H,6,7). The van der Waals surface area contributed by atoms with Gasteiger partial charge < -0.3 is 24.9 Å². The fourth-order valence-corrected chi connectivity index (χ4v) is 5.29. The number of halogens is 7. The Kier molecular flexibility index (Phi) is 10.6. The van der Waals surface area contributed by atoms with E-state index in [1.165, 1.54) is 11.0 Å². The second-order valence-corrected chi connectivity index (χ2v) is 10.9.